The number of fused-ring (bicyclic) bond motifs is 2. The molecule has 0 radical (unpaired) electrons. The molecule has 1 saturated heterocycles. The molecule has 2 aliphatic rings. The van der Waals surface area contributed by atoms with Crippen LogP contribution in [0.4, 0.5) is 26.8 Å². The number of amides is 3. The van der Waals surface area contributed by atoms with Crippen LogP contribution >= 0.6 is 0 Å². The molecule has 0 aliphatic carbocycles. The van der Waals surface area contributed by atoms with Gasteiger partial charge in [-0.1, -0.05) is 0 Å². The summed E-state index contributed by atoms with van der Waals surface area (Å²) in [6.07, 6.45) is 1.69. The summed E-state index contributed by atoms with van der Waals surface area (Å²) in [5, 5.41) is 17.6. The highest BCUT2D eigenvalue weighted by molar-refractivity contribution is 6.05. The molecule has 184 valence electrons. The molecule has 2 aromatic heterocycles. The number of carboxylic acid groups (broad SMARTS) is 1. The molecule has 3 aromatic rings. The third-order valence-electron chi connectivity index (χ3n) is 6.45. The Morgan fingerprint density at radius 3 is 2.63 bits per heavy atom. The average Bonchev–Trinajstić information content (AvgIpc) is 3.41. The Balaban J connectivity index is 1.40. The first-order valence-electron chi connectivity index (χ1n) is 11.8. The zero-order valence-electron chi connectivity index (χ0n) is 20.1. The Bertz CT molecular complexity index is 1300. The third-order valence-corrected chi connectivity index (χ3v) is 6.45. The minimum Gasteiger partial charge on any atom is -0.492 e. The van der Waals surface area contributed by atoms with Gasteiger partial charge in [0.05, 0.1) is 17.8 Å². The standard InChI is InChI=1S/C24H29N7O4/c1-4-35-21-13-18-16(14-28(3)27-18)12-19(21)26-23(32)31-6-5-17-20(11-15(2)25-22(17)31)29-7-9-30(10-8-29)24(33)34/h11-14H,4-10H2,1-3H3,(H,26,32)(H,33,34). The predicted molar refractivity (Wildman–Crippen MR) is 133 cm³/mol. The largest absolute Gasteiger partial charge is 0.492 e. The summed E-state index contributed by atoms with van der Waals surface area (Å²) < 4.78 is 7.51. The van der Waals surface area contributed by atoms with Crippen molar-refractivity contribution in [2.24, 2.45) is 7.05 Å². The maximum absolute atomic E-state index is 13.4. The lowest BCUT2D eigenvalue weighted by molar-refractivity contribution is 0.142. The van der Waals surface area contributed by atoms with Crippen LogP contribution in [0.15, 0.2) is 24.4 Å². The van der Waals surface area contributed by atoms with Crippen LogP contribution < -0.4 is 19.9 Å². The van der Waals surface area contributed by atoms with E-state index in [1.807, 2.05) is 45.3 Å². The fourth-order valence-electron chi connectivity index (χ4n) is 4.81. The SMILES string of the molecule is CCOc1cc2nn(C)cc2cc1NC(=O)N1CCc2c(N3CCN(C(=O)O)CC3)cc(C)nc21. The lowest BCUT2D eigenvalue weighted by Crippen LogP contribution is -2.48. The Morgan fingerprint density at radius 1 is 1.14 bits per heavy atom. The molecule has 0 spiro atoms. The van der Waals surface area contributed by atoms with Gasteiger partial charge in [-0.15, -0.1) is 0 Å². The van der Waals surface area contributed by atoms with Crippen LogP contribution in [0.1, 0.15) is 18.2 Å². The highest BCUT2D eigenvalue weighted by Crippen LogP contribution is 2.37. The lowest BCUT2D eigenvalue weighted by Gasteiger charge is -2.35. The van der Waals surface area contributed by atoms with Crippen molar-refractivity contribution in [1.82, 2.24) is 19.7 Å². The van der Waals surface area contributed by atoms with Crippen molar-refractivity contribution >= 4 is 40.2 Å². The first-order chi connectivity index (χ1) is 16.8. The number of benzene rings is 1. The second-order valence-electron chi connectivity index (χ2n) is 8.82. The van der Waals surface area contributed by atoms with Crippen molar-refractivity contribution in [1.29, 1.82) is 0 Å². The number of carbonyl (C=O) groups is 2. The number of anilines is 3. The van der Waals surface area contributed by atoms with Gasteiger partial charge in [-0.3, -0.25) is 9.58 Å². The molecule has 1 aromatic carbocycles. The van der Waals surface area contributed by atoms with Gasteiger partial charge in [0.2, 0.25) is 0 Å². The van der Waals surface area contributed by atoms with Crippen LogP contribution in [-0.2, 0) is 13.5 Å². The average molecular weight is 480 g/mol. The number of nitrogens with zero attached hydrogens (tertiary/aromatic N) is 6. The zero-order valence-corrected chi connectivity index (χ0v) is 20.1. The van der Waals surface area contributed by atoms with E-state index < -0.39 is 6.09 Å². The fourth-order valence-corrected chi connectivity index (χ4v) is 4.81. The van der Waals surface area contributed by atoms with Crippen molar-refractivity contribution in [2.75, 3.05) is 54.4 Å². The van der Waals surface area contributed by atoms with Crippen LogP contribution in [-0.4, -0.2) is 76.2 Å². The molecular formula is C24H29N7O4. The third kappa shape index (κ3) is 4.29. The first-order valence-corrected chi connectivity index (χ1v) is 11.8. The van der Waals surface area contributed by atoms with Crippen molar-refractivity contribution in [3.8, 4) is 5.75 Å². The molecule has 35 heavy (non-hydrogen) atoms. The van der Waals surface area contributed by atoms with Crippen molar-refractivity contribution < 1.29 is 19.4 Å². The minimum absolute atomic E-state index is 0.271. The van der Waals surface area contributed by atoms with Gasteiger partial charge in [-0.25, -0.2) is 14.6 Å². The molecular weight excluding hydrogens is 450 g/mol. The molecule has 1 fully saturated rings. The number of hydrogen-bond donors (Lipinski definition) is 2. The zero-order chi connectivity index (χ0) is 24.7. The highest BCUT2D eigenvalue weighted by Gasteiger charge is 2.32. The van der Waals surface area contributed by atoms with E-state index in [2.05, 4.69) is 15.3 Å². The Kier molecular flexibility index (Phi) is 5.83. The van der Waals surface area contributed by atoms with Gasteiger partial charge in [0.1, 0.15) is 11.6 Å². The van der Waals surface area contributed by atoms with Gasteiger partial charge in [-0.2, -0.15) is 5.10 Å². The Labute approximate surface area is 202 Å². The summed E-state index contributed by atoms with van der Waals surface area (Å²) in [7, 11) is 1.85. The summed E-state index contributed by atoms with van der Waals surface area (Å²) in [6.45, 7) is 6.91. The number of nitrogens with one attached hydrogen (secondary N) is 1. The first kappa shape index (κ1) is 22.8. The van der Waals surface area contributed by atoms with E-state index in [-0.39, 0.29) is 6.03 Å². The topological polar surface area (TPSA) is 116 Å². The number of urea groups is 1. The maximum atomic E-state index is 13.4. The summed E-state index contributed by atoms with van der Waals surface area (Å²) in [5.74, 6) is 1.22. The van der Waals surface area contributed by atoms with Crippen LogP contribution in [0.25, 0.3) is 10.9 Å². The number of ether oxygens (including phenoxy) is 1. The molecule has 0 atom stereocenters. The van der Waals surface area contributed by atoms with E-state index in [0.717, 1.165) is 27.8 Å². The highest BCUT2D eigenvalue weighted by atomic mass is 16.5. The van der Waals surface area contributed by atoms with E-state index in [1.165, 1.54) is 4.90 Å². The Hall–Kier alpha value is -4.02. The summed E-state index contributed by atoms with van der Waals surface area (Å²) in [6, 6.07) is 5.47. The number of rotatable bonds is 4. The number of pyridine rings is 1. The van der Waals surface area contributed by atoms with Crippen LogP contribution in [0.2, 0.25) is 0 Å². The van der Waals surface area contributed by atoms with Gasteiger partial charge in [-0.05, 0) is 32.4 Å². The Morgan fingerprint density at radius 2 is 1.91 bits per heavy atom. The van der Waals surface area contributed by atoms with Gasteiger partial charge in [0, 0.05) is 74.4 Å². The van der Waals surface area contributed by atoms with Gasteiger partial charge < -0.3 is 25.0 Å². The molecule has 2 aliphatic heterocycles. The van der Waals surface area contributed by atoms with Crippen molar-refractivity contribution in [3.05, 3.63) is 35.7 Å². The van der Waals surface area contributed by atoms with Gasteiger partial charge in [0.25, 0.3) is 0 Å². The van der Waals surface area contributed by atoms with Crippen LogP contribution in [0.3, 0.4) is 0 Å². The van der Waals surface area contributed by atoms with E-state index in [9.17, 15) is 14.7 Å². The molecule has 3 amide bonds. The number of piperazine rings is 1. The second kappa shape index (κ2) is 8.97. The summed E-state index contributed by atoms with van der Waals surface area (Å²) in [5.41, 5.74) is 4.24. The molecule has 0 bridgehead atoms. The molecule has 2 N–H and O–H groups in total. The molecule has 5 rings (SSSR count). The number of hydrogen-bond acceptors (Lipinski definition) is 6. The fraction of sp³-hybridized carbons (Fsp3) is 0.417. The molecule has 11 heteroatoms. The van der Waals surface area contributed by atoms with Crippen LogP contribution in [0, 0.1) is 6.92 Å². The van der Waals surface area contributed by atoms with E-state index in [0.29, 0.717) is 63.0 Å². The number of aromatic nitrogens is 3. The maximum Gasteiger partial charge on any atom is 0.407 e. The summed E-state index contributed by atoms with van der Waals surface area (Å²) in [4.78, 5) is 34.7. The molecule has 11 nitrogen and oxygen atoms in total. The lowest BCUT2D eigenvalue weighted by atomic mass is 10.1. The quantitative estimate of drug-likeness (QED) is 0.591. The normalized spacial score (nSPS) is 15.5. The smallest absolute Gasteiger partial charge is 0.407 e. The number of aryl methyl sites for hydroxylation is 2. The van der Waals surface area contributed by atoms with E-state index >= 15 is 0 Å². The van der Waals surface area contributed by atoms with E-state index in [1.54, 1.807) is 9.58 Å². The van der Waals surface area contributed by atoms with Gasteiger partial charge in [0.15, 0.2) is 0 Å². The number of carbonyl (C=O) groups excluding carboxylic acids is 1. The van der Waals surface area contributed by atoms with E-state index in [4.69, 9.17) is 9.72 Å². The predicted octanol–water partition coefficient (Wildman–Crippen LogP) is 3.07. The second-order valence-corrected chi connectivity index (χ2v) is 8.82. The monoisotopic (exact) mass is 479 g/mol. The minimum atomic E-state index is -0.889. The van der Waals surface area contributed by atoms with Crippen LogP contribution in [0.5, 0.6) is 5.75 Å². The summed E-state index contributed by atoms with van der Waals surface area (Å²) >= 11 is 0. The molecule has 4 heterocycles. The molecule has 0 unspecified atom stereocenters. The van der Waals surface area contributed by atoms with Crippen molar-refractivity contribution in [2.45, 2.75) is 20.3 Å². The molecule has 0 saturated carbocycles. The van der Waals surface area contributed by atoms with Crippen molar-refractivity contribution in [3.63, 3.8) is 0 Å². The van der Waals surface area contributed by atoms with Gasteiger partial charge >= 0.3 is 12.1 Å².